The van der Waals surface area contributed by atoms with Gasteiger partial charge in [-0.05, 0) is 6.08 Å². The highest BCUT2D eigenvalue weighted by molar-refractivity contribution is 9.09. The number of ether oxygens (including phenoxy) is 1. The van der Waals surface area contributed by atoms with E-state index in [1.807, 2.05) is 0 Å². The maximum atomic E-state index is 10.4. The molecule has 0 radical (unpaired) electrons. The molecule has 2 nitrogen and oxygen atoms in total. The summed E-state index contributed by atoms with van der Waals surface area (Å²) in [6, 6.07) is 0. The van der Waals surface area contributed by atoms with Crippen LogP contribution in [0.2, 0.25) is 0 Å². The van der Waals surface area contributed by atoms with Crippen molar-refractivity contribution in [1.82, 2.24) is 0 Å². The highest BCUT2D eigenvalue weighted by Crippen LogP contribution is 1.77. The Morgan fingerprint density at radius 2 is 2.50 bits per heavy atom. The van der Waals surface area contributed by atoms with Crippen molar-refractivity contribution in [2.75, 3.05) is 12.4 Å². The van der Waals surface area contributed by atoms with Crippen LogP contribution in [0.1, 0.15) is 0 Å². The Kier molecular flexibility index (Phi) is 5.89. The van der Waals surface area contributed by atoms with Gasteiger partial charge in [-0.1, -0.05) is 27.8 Å². The lowest BCUT2D eigenvalue weighted by Crippen LogP contribution is -1.92. The first-order chi connectivity index (χ1) is 4.81. The number of allylic oxidation sites excluding steroid dienone is 1. The molecule has 0 rings (SSSR count). The Bertz CT molecular complexity index is 186. The minimum Gasteiger partial charge on any atom is -0.466 e. The van der Waals surface area contributed by atoms with Gasteiger partial charge in [0.05, 0.1) is 12.4 Å². The molecule has 0 atom stereocenters. The van der Waals surface area contributed by atoms with Crippen molar-refractivity contribution < 1.29 is 9.53 Å². The summed E-state index contributed by atoms with van der Waals surface area (Å²) in [4.78, 5) is 10.4. The van der Waals surface area contributed by atoms with Gasteiger partial charge in [0.15, 0.2) is 0 Å². The molecule has 0 aliphatic rings. The molecule has 0 spiro atoms. The van der Waals surface area contributed by atoms with Crippen LogP contribution in [0.15, 0.2) is 12.2 Å². The molecule has 54 valence electrons. The first-order valence-corrected chi connectivity index (χ1v) is 3.72. The Balaban J connectivity index is 3.65. The molecule has 3 heteroatoms. The average Bonchev–Trinajstić information content (AvgIpc) is 1.98. The Morgan fingerprint density at radius 1 is 1.80 bits per heavy atom. The fourth-order valence-electron chi connectivity index (χ4n) is 0.275. The number of hydrogen-bond donors (Lipinski definition) is 0. The van der Waals surface area contributed by atoms with Crippen LogP contribution in [0.4, 0.5) is 0 Å². The molecule has 0 aromatic rings. The van der Waals surface area contributed by atoms with Gasteiger partial charge < -0.3 is 4.74 Å². The summed E-state index contributed by atoms with van der Waals surface area (Å²) < 4.78 is 4.33. The lowest BCUT2D eigenvalue weighted by atomic mass is 10.5. The summed E-state index contributed by atoms with van der Waals surface area (Å²) in [6.07, 6.45) is 2.72. The van der Waals surface area contributed by atoms with Gasteiger partial charge >= 0.3 is 5.97 Å². The summed E-state index contributed by atoms with van der Waals surface area (Å²) in [5.74, 6) is 4.94. The maximum Gasteiger partial charge on any atom is 0.331 e. The Morgan fingerprint density at radius 3 is 3.00 bits per heavy atom. The third-order valence-corrected chi connectivity index (χ3v) is 0.953. The number of methoxy groups -OCH3 is 1. The lowest BCUT2D eigenvalue weighted by molar-refractivity contribution is -0.134. The average molecular weight is 203 g/mol. The number of alkyl halides is 1. The molecular formula is C7H7BrO2. The van der Waals surface area contributed by atoms with Crippen LogP contribution < -0.4 is 0 Å². The second kappa shape index (κ2) is 6.37. The van der Waals surface area contributed by atoms with E-state index in [1.54, 1.807) is 0 Å². The van der Waals surface area contributed by atoms with Crippen LogP contribution in [0.25, 0.3) is 0 Å². The number of carbonyl (C=O) groups excluding carboxylic acids is 1. The Hall–Kier alpha value is -0.750. The number of halogens is 1. The summed E-state index contributed by atoms with van der Waals surface area (Å²) >= 11 is 3.11. The smallest absolute Gasteiger partial charge is 0.331 e. The van der Waals surface area contributed by atoms with Crippen LogP contribution in [0.5, 0.6) is 0 Å². The minimum absolute atomic E-state index is 0.385. The normalized spacial score (nSPS) is 8.60. The molecule has 0 aliphatic carbocycles. The number of esters is 1. The summed E-state index contributed by atoms with van der Waals surface area (Å²) in [6.45, 7) is 0. The molecule has 0 saturated carbocycles. The number of rotatable bonds is 1. The third kappa shape index (κ3) is 5.39. The highest BCUT2D eigenvalue weighted by Gasteiger charge is 1.85. The van der Waals surface area contributed by atoms with Crippen molar-refractivity contribution in [1.29, 1.82) is 0 Å². The fraction of sp³-hybridized carbons (Fsp3) is 0.286. The lowest BCUT2D eigenvalue weighted by Gasteiger charge is -1.84. The predicted molar refractivity (Wildman–Crippen MR) is 42.7 cm³/mol. The van der Waals surface area contributed by atoms with Crippen molar-refractivity contribution in [2.45, 2.75) is 0 Å². The summed E-state index contributed by atoms with van der Waals surface area (Å²) in [7, 11) is 1.32. The van der Waals surface area contributed by atoms with E-state index in [4.69, 9.17) is 0 Å². The molecule has 0 saturated heterocycles. The van der Waals surface area contributed by atoms with E-state index < -0.39 is 0 Å². The van der Waals surface area contributed by atoms with Crippen LogP contribution >= 0.6 is 15.9 Å². The molecule has 0 N–H and O–H groups in total. The minimum atomic E-state index is -0.385. The molecule has 0 aliphatic heterocycles. The number of hydrogen-bond acceptors (Lipinski definition) is 2. The molecule has 0 heterocycles. The molecule has 0 amide bonds. The fourth-order valence-corrected chi connectivity index (χ4v) is 0.437. The van der Waals surface area contributed by atoms with Crippen LogP contribution in [0.3, 0.4) is 0 Å². The molecular weight excluding hydrogens is 196 g/mol. The van der Waals surface area contributed by atoms with Gasteiger partial charge in [0.1, 0.15) is 0 Å². The third-order valence-electron chi connectivity index (χ3n) is 0.673. The van der Waals surface area contributed by atoms with Gasteiger partial charge in [-0.25, -0.2) is 4.79 Å². The van der Waals surface area contributed by atoms with Gasteiger partial charge in [0.25, 0.3) is 0 Å². The van der Waals surface area contributed by atoms with Crippen LogP contribution in [-0.4, -0.2) is 18.4 Å². The standard InChI is InChI=1S/C7H7BrO2/c1-10-7(9)5-3-2-4-6-8/h3,5H,6H2,1H3/b5-3+. The summed E-state index contributed by atoms with van der Waals surface area (Å²) in [5.41, 5.74) is 0. The van der Waals surface area contributed by atoms with Gasteiger partial charge in [-0.3, -0.25) is 0 Å². The van der Waals surface area contributed by atoms with E-state index in [1.165, 1.54) is 19.3 Å². The van der Waals surface area contributed by atoms with Crippen LogP contribution in [-0.2, 0) is 9.53 Å². The zero-order valence-corrected chi connectivity index (χ0v) is 7.14. The second-order valence-corrected chi connectivity index (χ2v) is 1.87. The largest absolute Gasteiger partial charge is 0.466 e. The van der Waals surface area contributed by atoms with Gasteiger partial charge in [-0.15, -0.1) is 0 Å². The SMILES string of the molecule is COC(=O)/C=C/C#CCBr. The van der Waals surface area contributed by atoms with E-state index in [0.717, 1.165) is 0 Å². The van der Waals surface area contributed by atoms with Crippen molar-refractivity contribution in [3.63, 3.8) is 0 Å². The van der Waals surface area contributed by atoms with Gasteiger partial charge in [-0.2, -0.15) is 0 Å². The molecule has 0 aromatic carbocycles. The van der Waals surface area contributed by atoms with Gasteiger partial charge in [0, 0.05) is 6.08 Å². The maximum absolute atomic E-state index is 10.4. The number of carbonyl (C=O) groups is 1. The van der Waals surface area contributed by atoms with Crippen molar-refractivity contribution in [3.8, 4) is 11.8 Å². The molecule has 10 heavy (non-hydrogen) atoms. The van der Waals surface area contributed by atoms with E-state index in [-0.39, 0.29) is 5.97 Å². The quantitative estimate of drug-likeness (QED) is 0.276. The predicted octanol–water partition coefficient (Wildman–Crippen LogP) is 1.11. The zero-order chi connectivity index (χ0) is 7.82. The first kappa shape index (κ1) is 9.25. The highest BCUT2D eigenvalue weighted by atomic mass is 79.9. The summed E-state index contributed by atoms with van der Waals surface area (Å²) in [5, 5.41) is 0.610. The van der Waals surface area contributed by atoms with Crippen LogP contribution in [0, 0.1) is 11.8 Å². The first-order valence-electron chi connectivity index (χ1n) is 2.60. The molecule has 0 fully saturated rings. The zero-order valence-electron chi connectivity index (χ0n) is 5.56. The molecule has 0 unspecified atom stereocenters. The monoisotopic (exact) mass is 202 g/mol. The molecule has 0 aromatic heterocycles. The van der Waals surface area contributed by atoms with Crippen molar-refractivity contribution in [2.24, 2.45) is 0 Å². The van der Waals surface area contributed by atoms with E-state index in [0.29, 0.717) is 5.33 Å². The second-order valence-electron chi connectivity index (χ2n) is 1.31. The van der Waals surface area contributed by atoms with Gasteiger partial charge in [0.2, 0.25) is 0 Å². The molecule has 0 bridgehead atoms. The van der Waals surface area contributed by atoms with E-state index >= 15 is 0 Å². The van der Waals surface area contributed by atoms with E-state index in [9.17, 15) is 4.79 Å². The van der Waals surface area contributed by atoms with Crippen molar-refractivity contribution >= 4 is 21.9 Å². The van der Waals surface area contributed by atoms with E-state index in [2.05, 4.69) is 32.5 Å². The topological polar surface area (TPSA) is 26.3 Å². The van der Waals surface area contributed by atoms with Crippen molar-refractivity contribution in [3.05, 3.63) is 12.2 Å². The Labute approximate surface area is 68.4 Å².